The summed E-state index contributed by atoms with van der Waals surface area (Å²) in [7, 11) is -2.13. The number of aromatic nitrogens is 3. The maximum Gasteiger partial charge on any atom is 0.251 e. The van der Waals surface area contributed by atoms with Crippen LogP contribution in [0.5, 0.6) is 0 Å². The zero-order valence-electron chi connectivity index (χ0n) is 24.4. The zero-order chi connectivity index (χ0) is 30.5. The largest absolute Gasteiger partial charge is 0.372 e. The highest BCUT2D eigenvalue weighted by atomic mass is 32.2. The number of nitrogens with zero attached hydrogens (tertiary/aromatic N) is 5. The molecule has 1 saturated heterocycles. The van der Waals surface area contributed by atoms with Crippen LogP contribution in [-0.2, 0) is 21.1 Å². The van der Waals surface area contributed by atoms with Crippen molar-refractivity contribution in [3.63, 3.8) is 0 Å². The maximum atomic E-state index is 15.0. The van der Waals surface area contributed by atoms with E-state index in [1.165, 1.54) is 6.07 Å². The minimum Gasteiger partial charge on any atom is -0.372 e. The summed E-state index contributed by atoms with van der Waals surface area (Å²) in [6, 6.07) is 13.8. The van der Waals surface area contributed by atoms with E-state index in [2.05, 4.69) is 29.0 Å². The smallest absolute Gasteiger partial charge is 0.251 e. The topological polar surface area (TPSA) is 118 Å². The molecule has 3 atom stereocenters. The van der Waals surface area contributed by atoms with E-state index < -0.39 is 26.8 Å². The highest BCUT2D eigenvalue weighted by Gasteiger charge is 2.36. The average molecular weight is 605 g/mol. The van der Waals surface area contributed by atoms with Crippen LogP contribution >= 0.6 is 0 Å². The van der Waals surface area contributed by atoms with E-state index in [0.29, 0.717) is 16.9 Å². The van der Waals surface area contributed by atoms with E-state index in [1.807, 2.05) is 30.3 Å². The molecule has 2 aliphatic heterocycles. The fourth-order valence-electron chi connectivity index (χ4n) is 5.76. The van der Waals surface area contributed by atoms with Gasteiger partial charge in [-0.2, -0.15) is 0 Å². The third-order valence-corrected chi connectivity index (χ3v) is 9.97. The Hall–Kier alpha value is -4.16. The first-order valence-electron chi connectivity index (χ1n) is 14.2. The van der Waals surface area contributed by atoms with Crippen LogP contribution in [-0.4, -0.2) is 73.4 Å². The summed E-state index contributed by atoms with van der Waals surface area (Å²) in [5.41, 5.74) is 2.58. The van der Waals surface area contributed by atoms with Gasteiger partial charge in [0.05, 0.1) is 57.2 Å². The number of anilines is 2. The standard InChI is InChI=1S/C31H33FN6O4S/c1-18-15-38(16-19(2)42-18)29-7-5-6-25(36-29)26-9-8-21-13-33-23(12-27(21)35-26)14-34-31(39)22-10-24(32)30-28(11-22)43(40,41)20(3)17-37(30)4/h5-13,18-20H,14-17H2,1-4H3,(H,34,39)/t18-,19+,20-/m1/s1. The van der Waals surface area contributed by atoms with Gasteiger partial charge in [-0.15, -0.1) is 0 Å². The number of fused-ring (bicyclic) bond motifs is 2. The normalized spacial score (nSPS) is 21.5. The number of hydrogen-bond donors (Lipinski definition) is 1. The number of carbonyl (C=O) groups excluding carboxylic acids is 1. The summed E-state index contributed by atoms with van der Waals surface area (Å²) in [6.45, 7) is 7.43. The number of rotatable bonds is 5. The minimum atomic E-state index is -3.76. The molecular formula is C31H33FN6O4S. The number of pyridine rings is 3. The Bertz CT molecular complexity index is 1820. The van der Waals surface area contributed by atoms with E-state index in [-0.39, 0.29) is 41.4 Å². The first kappa shape index (κ1) is 28.9. The monoisotopic (exact) mass is 604 g/mol. The Morgan fingerprint density at radius 1 is 1.02 bits per heavy atom. The van der Waals surface area contributed by atoms with Gasteiger partial charge in [0.15, 0.2) is 9.84 Å². The highest BCUT2D eigenvalue weighted by molar-refractivity contribution is 7.92. The molecule has 3 aromatic heterocycles. The fraction of sp³-hybridized carbons (Fsp3) is 0.355. The average Bonchev–Trinajstić information content (AvgIpc) is 2.97. The molecule has 0 radical (unpaired) electrons. The third kappa shape index (κ3) is 5.64. The molecule has 1 amide bonds. The van der Waals surface area contributed by atoms with Crippen LogP contribution in [0, 0.1) is 5.82 Å². The lowest BCUT2D eigenvalue weighted by atomic mass is 10.1. The lowest BCUT2D eigenvalue weighted by Gasteiger charge is -2.36. The molecule has 6 rings (SSSR count). The predicted octanol–water partition coefficient (Wildman–Crippen LogP) is 3.99. The number of sulfone groups is 1. The van der Waals surface area contributed by atoms with E-state index in [1.54, 1.807) is 31.1 Å². The molecule has 224 valence electrons. The van der Waals surface area contributed by atoms with E-state index in [0.717, 1.165) is 36.1 Å². The van der Waals surface area contributed by atoms with Crippen molar-refractivity contribution in [2.75, 3.05) is 36.5 Å². The van der Waals surface area contributed by atoms with Crippen LogP contribution in [0.3, 0.4) is 0 Å². The van der Waals surface area contributed by atoms with Crippen LogP contribution < -0.4 is 15.1 Å². The summed E-state index contributed by atoms with van der Waals surface area (Å²) in [6.07, 6.45) is 1.91. The molecule has 1 N–H and O–H groups in total. The molecule has 0 saturated carbocycles. The van der Waals surface area contributed by atoms with Crippen LogP contribution in [0.25, 0.3) is 22.3 Å². The molecule has 1 aromatic carbocycles. The van der Waals surface area contributed by atoms with Gasteiger partial charge in [0.2, 0.25) is 0 Å². The lowest BCUT2D eigenvalue weighted by Crippen LogP contribution is -2.45. The molecule has 10 nitrogen and oxygen atoms in total. The van der Waals surface area contributed by atoms with Gasteiger partial charge in [-0.25, -0.2) is 22.8 Å². The third-order valence-electron chi connectivity index (χ3n) is 7.84. The number of carbonyl (C=O) groups is 1. The van der Waals surface area contributed by atoms with Crippen LogP contribution in [0.4, 0.5) is 15.9 Å². The van der Waals surface area contributed by atoms with Gasteiger partial charge in [-0.3, -0.25) is 9.78 Å². The SMILES string of the molecule is C[C@@H]1CN(c2cccc(-c3ccc4cnc(CNC(=O)c5cc(F)c6c(c5)S(=O)(=O)[C@H](C)CN6C)cc4n3)n2)C[C@H](C)O1. The molecule has 12 heteroatoms. The Labute approximate surface area is 249 Å². The number of nitrogens with one attached hydrogen (secondary N) is 1. The zero-order valence-corrected chi connectivity index (χ0v) is 25.2. The lowest BCUT2D eigenvalue weighted by molar-refractivity contribution is -0.00545. The van der Waals surface area contributed by atoms with Gasteiger partial charge in [0.25, 0.3) is 5.91 Å². The Kier molecular flexibility index (Phi) is 7.51. The molecule has 4 aromatic rings. The molecule has 5 heterocycles. The molecule has 0 spiro atoms. The van der Waals surface area contributed by atoms with Crippen molar-refractivity contribution < 1.29 is 22.3 Å². The van der Waals surface area contributed by atoms with E-state index in [4.69, 9.17) is 14.7 Å². The van der Waals surface area contributed by atoms with Gasteiger partial charge in [0.1, 0.15) is 11.6 Å². The number of ether oxygens (including phenoxy) is 1. The van der Waals surface area contributed by atoms with Crippen molar-refractivity contribution in [2.24, 2.45) is 0 Å². The minimum absolute atomic E-state index is 0.0122. The van der Waals surface area contributed by atoms with Gasteiger partial charge in [0, 0.05) is 43.8 Å². The van der Waals surface area contributed by atoms with Crippen molar-refractivity contribution in [2.45, 2.75) is 49.7 Å². The van der Waals surface area contributed by atoms with Crippen LogP contribution in [0.15, 0.2) is 59.6 Å². The Morgan fingerprint density at radius 3 is 2.53 bits per heavy atom. The number of halogens is 1. The quantitative estimate of drug-likeness (QED) is 0.361. The van der Waals surface area contributed by atoms with Crippen LogP contribution in [0.1, 0.15) is 36.8 Å². The van der Waals surface area contributed by atoms with Gasteiger partial charge < -0.3 is 19.9 Å². The maximum absolute atomic E-state index is 15.0. The first-order chi connectivity index (χ1) is 20.5. The predicted molar refractivity (Wildman–Crippen MR) is 162 cm³/mol. The molecule has 2 aliphatic rings. The van der Waals surface area contributed by atoms with E-state index in [9.17, 15) is 17.6 Å². The number of hydrogen-bond acceptors (Lipinski definition) is 9. The summed E-state index contributed by atoms with van der Waals surface area (Å²) < 4.78 is 46.6. The summed E-state index contributed by atoms with van der Waals surface area (Å²) in [4.78, 5) is 30.7. The highest BCUT2D eigenvalue weighted by Crippen LogP contribution is 2.36. The summed E-state index contributed by atoms with van der Waals surface area (Å²) >= 11 is 0. The van der Waals surface area contributed by atoms with Gasteiger partial charge >= 0.3 is 0 Å². The van der Waals surface area contributed by atoms with Crippen molar-refractivity contribution in [1.82, 2.24) is 20.3 Å². The van der Waals surface area contributed by atoms with Crippen molar-refractivity contribution >= 4 is 38.2 Å². The Balaban J connectivity index is 1.21. The fourth-order valence-corrected chi connectivity index (χ4v) is 7.43. The molecule has 1 fully saturated rings. The van der Waals surface area contributed by atoms with Crippen molar-refractivity contribution in [1.29, 1.82) is 0 Å². The van der Waals surface area contributed by atoms with Crippen LogP contribution in [0.2, 0.25) is 0 Å². The van der Waals surface area contributed by atoms with Crippen molar-refractivity contribution in [3.05, 3.63) is 71.8 Å². The number of morpholine rings is 1. The molecule has 0 aliphatic carbocycles. The van der Waals surface area contributed by atoms with Gasteiger partial charge in [-0.05, 0) is 63.2 Å². The van der Waals surface area contributed by atoms with Crippen molar-refractivity contribution in [3.8, 4) is 11.4 Å². The number of benzene rings is 1. The second-order valence-electron chi connectivity index (χ2n) is 11.3. The number of amides is 1. The Morgan fingerprint density at radius 2 is 1.77 bits per heavy atom. The molecule has 43 heavy (non-hydrogen) atoms. The first-order valence-corrected chi connectivity index (χ1v) is 15.7. The van der Waals surface area contributed by atoms with Gasteiger partial charge in [-0.1, -0.05) is 6.07 Å². The van der Waals surface area contributed by atoms with E-state index >= 15 is 0 Å². The summed E-state index contributed by atoms with van der Waals surface area (Å²) in [5.74, 6) is -0.488. The molecule has 0 unspecified atom stereocenters. The summed E-state index contributed by atoms with van der Waals surface area (Å²) in [5, 5.41) is 2.84. The second kappa shape index (κ2) is 11.2. The molecular weight excluding hydrogens is 571 g/mol. The molecule has 0 bridgehead atoms. The second-order valence-corrected chi connectivity index (χ2v) is 13.7.